The molecule has 2 heterocycles. The Morgan fingerprint density at radius 1 is 1.35 bits per heavy atom. The van der Waals surface area contributed by atoms with Crippen LogP contribution in [0, 0.1) is 5.82 Å². The summed E-state index contributed by atoms with van der Waals surface area (Å²) in [5, 5.41) is 3.02. The Bertz CT molecular complexity index is 720. The van der Waals surface area contributed by atoms with Crippen LogP contribution in [0.25, 0.3) is 0 Å². The minimum atomic E-state index is -0.370. The SMILES string of the molecule is CCOc1ccc(CN=C(N)N2CCN(c3nccs3)CC2)cc1F.I. The first-order valence-corrected chi connectivity index (χ1v) is 9.16. The lowest BCUT2D eigenvalue weighted by Gasteiger charge is -2.35. The zero-order valence-electron chi connectivity index (χ0n) is 14.6. The zero-order valence-corrected chi connectivity index (χ0v) is 17.7. The molecule has 1 aliphatic heterocycles. The van der Waals surface area contributed by atoms with Crippen LogP contribution >= 0.6 is 35.3 Å². The summed E-state index contributed by atoms with van der Waals surface area (Å²) in [5.74, 6) is 0.389. The third-order valence-electron chi connectivity index (χ3n) is 4.01. The highest BCUT2D eigenvalue weighted by molar-refractivity contribution is 14.0. The van der Waals surface area contributed by atoms with Gasteiger partial charge in [0.15, 0.2) is 22.7 Å². The van der Waals surface area contributed by atoms with Crippen molar-refractivity contribution in [3.63, 3.8) is 0 Å². The lowest BCUT2D eigenvalue weighted by Crippen LogP contribution is -2.51. The molecule has 1 saturated heterocycles. The van der Waals surface area contributed by atoms with Crippen LogP contribution in [0.15, 0.2) is 34.8 Å². The van der Waals surface area contributed by atoms with Crippen LogP contribution in [0.2, 0.25) is 0 Å². The number of ether oxygens (including phenoxy) is 1. The molecule has 26 heavy (non-hydrogen) atoms. The molecular formula is C17H23FIN5OS. The number of piperazine rings is 1. The molecule has 1 aliphatic rings. The van der Waals surface area contributed by atoms with E-state index in [4.69, 9.17) is 10.5 Å². The van der Waals surface area contributed by atoms with Gasteiger partial charge in [-0.25, -0.2) is 14.4 Å². The number of benzene rings is 1. The van der Waals surface area contributed by atoms with Crippen molar-refractivity contribution >= 4 is 46.4 Å². The highest BCUT2D eigenvalue weighted by atomic mass is 127. The minimum Gasteiger partial charge on any atom is -0.491 e. The fourth-order valence-electron chi connectivity index (χ4n) is 2.69. The molecular weight excluding hydrogens is 468 g/mol. The van der Waals surface area contributed by atoms with Gasteiger partial charge in [-0.1, -0.05) is 6.07 Å². The van der Waals surface area contributed by atoms with Crippen LogP contribution in [-0.4, -0.2) is 48.6 Å². The molecule has 0 radical (unpaired) electrons. The van der Waals surface area contributed by atoms with Gasteiger partial charge in [-0.2, -0.15) is 0 Å². The van der Waals surface area contributed by atoms with Gasteiger partial charge in [-0.05, 0) is 24.6 Å². The average molecular weight is 491 g/mol. The van der Waals surface area contributed by atoms with Crippen molar-refractivity contribution in [1.82, 2.24) is 9.88 Å². The molecule has 0 unspecified atom stereocenters. The Kier molecular flexibility index (Phi) is 7.88. The van der Waals surface area contributed by atoms with Gasteiger partial charge in [0.05, 0.1) is 13.2 Å². The van der Waals surface area contributed by atoms with Gasteiger partial charge in [-0.3, -0.25) is 0 Å². The summed E-state index contributed by atoms with van der Waals surface area (Å²) >= 11 is 1.64. The number of thiazole rings is 1. The molecule has 1 aromatic carbocycles. The van der Waals surface area contributed by atoms with E-state index in [-0.39, 0.29) is 35.5 Å². The summed E-state index contributed by atoms with van der Waals surface area (Å²) in [5.41, 5.74) is 6.87. The van der Waals surface area contributed by atoms with Crippen molar-refractivity contribution in [3.8, 4) is 5.75 Å². The monoisotopic (exact) mass is 491 g/mol. The lowest BCUT2D eigenvalue weighted by molar-refractivity contribution is 0.321. The van der Waals surface area contributed by atoms with Gasteiger partial charge < -0.3 is 20.3 Å². The van der Waals surface area contributed by atoms with E-state index in [1.807, 2.05) is 24.6 Å². The maximum Gasteiger partial charge on any atom is 0.191 e. The first-order valence-electron chi connectivity index (χ1n) is 8.28. The largest absolute Gasteiger partial charge is 0.491 e. The van der Waals surface area contributed by atoms with E-state index in [1.54, 1.807) is 17.4 Å². The second-order valence-corrected chi connectivity index (χ2v) is 6.53. The Hall–Kier alpha value is -1.62. The van der Waals surface area contributed by atoms with Crippen LogP contribution in [0.5, 0.6) is 5.75 Å². The molecule has 0 aliphatic carbocycles. The fraction of sp³-hybridized carbons (Fsp3) is 0.412. The number of hydrogen-bond donors (Lipinski definition) is 1. The molecule has 1 aromatic heterocycles. The van der Waals surface area contributed by atoms with Gasteiger partial charge in [-0.15, -0.1) is 35.3 Å². The Morgan fingerprint density at radius 3 is 2.73 bits per heavy atom. The quantitative estimate of drug-likeness (QED) is 0.396. The molecule has 0 spiro atoms. The number of rotatable bonds is 5. The highest BCUT2D eigenvalue weighted by Gasteiger charge is 2.19. The van der Waals surface area contributed by atoms with E-state index in [9.17, 15) is 4.39 Å². The van der Waals surface area contributed by atoms with Gasteiger partial charge in [0.1, 0.15) is 0 Å². The number of anilines is 1. The number of aromatic nitrogens is 1. The van der Waals surface area contributed by atoms with E-state index >= 15 is 0 Å². The normalized spacial score (nSPS) is 14.9. The van der Waals surface area contributed by atoms with Crippen LogP contribution in [0.3, 0.4) is 0 Å². The van der Waals surface area contributed by atoms with E-state index in [0.717, 1.165) is 36.9 Å². The number of hydrogen-bond acceptors (Lipinski definition) is 5. The topological polar surface area (TPSA) is 67.0 Å². The fourth-order valence-corrected chi connectivity index (χ4v) is 3.38. The molecule has 6 nitrogen and oxygen atoms in total. The second kappa shape index (κ2) is 9.91. The maximum absolute atomic E-state index is 13.9. The van der Waals surface area contributed by atoms with Crippen LogP contribution in [0.1, 0.15) is 12.5 Å². The van der Waals surface area contributed by atoms with Gasteiger partial charge in [0, 0.05) is 37.8 Å². The molecule has 9 heteroatoms. The first kappa shape index (κ1) is 20.7. The Balaban J connectivity index is 0.00000243. The van der Waals surface area contributed by atoms with Gasteiger partial charge >= 0.3 is 0 Å². The number of halogens is 2. The van der Waals surface area contributed by atoms with Gasteiger partial charge in [0.25, 0.3) is 0 Å². The van der Waals surface area contributed by atoms with E-state index in [0.29, 0.717) is 19.1 Å². The Morgan fingerprint density at radius 2 is 2.12 bits per heavy atom. The van der Waals surface area contributed by atoms with Crippen molar-refractivity contribution in [3.05, 3.63) is 41.2 Å². The standard InChI is InChI=1S/C17H22FN5OS.HI/c1-2-24-15-4-3-13(11-14(15)18)12-21-16(19)22-6-8-23(9-7-22)17-20-5-10-25-17;/h3-5,10-11H,2,6-9,12H2,1H3,(H2,19,21);1H. The molecule has 0 bridgehead atoms. The smallest absolute Gasteiger partial charge is 0.191 e. The highest BCUT2D eigenvalue weighted by Crippen LogP contribution is 2.20. The first-order chi connectivity index (χ1) is 12.2. The third-order valence-corrected chi connectivity index (χ3v) is 4.85. The van der Waals surface area contributed by atoms with Crippen molar-refractivity contribution in [2.75, 3.05) is 37.7 Å². The van der Waals surface area contributed by atoms with E-state index in [2.05, 4.69) is 19.8 Å². The Labute approximate surface area is 173 Å². The van der Waals surface area contributed by atoms with Crippen LogP contribution < -0.4 is 15.4 Å². The summed E-state index contributed by atoms with van der Waals surface area (Å²) in [6, 6.07) is 4.89. The van der Waals surface area contributed by atoms with Gasteiger partial charge in [0.2, 0.25) is 0 Å². The zero-order chi connectivity index (χ0) is 17.6. The molecule has 2 N–H and O–H groups in total. The molecule has 142 valence electrons. The average Bonchev–Trinajstić information content (AvgIpc) is 3.17. The molecule has 0 atom stereocenters. The summed E-state index contributed by atoms with van der Waals surface area (Å²) in [6.07, 6.45) is 1.82. The van der Waals surface area contributed by atoms with Crippen molar-refractivity contribution < 1.29 is 9.13 Å². The maximum atomic E-state index is 13.9. The number of aliphatic imine (C=N–C) groups is 1. The molecule has 0 saturated carbocycles. The van der Waals surface area contributed by atoms with E-state index in [1.165, 1.54) is 6.07 Å². The molecule has 2 aromatic rings. The molecule has 1 fully saturated rings. The van der Waals surface area contributed by atoms with Crippen molar-refractivity contribution in [2.45, 2.75) is 13.5 Å². The van der Waals surface area contributed by atoms with Crippen LogP contribution in [-0.2, 0) is 6.54 Å². The van der Waals surface area contributed by atoms with Crippen LogP contribution in [0.4, 0.5) is 9.52 Å². The summed E-state index contributed by atoms with van der Waals surface area (Å²) in [7, 11) is 0. The number of nitrogens with two attached hydrogens (primary N) is 1. The lowest BCUT2D eigenvalue weighted by atomic mass is 10.2. The number of guanidine groups is 1. The van der Waals surface area contributed by atoms with Crippen molar-refractivity contribution in [1.29, 1.82) is 0 Å². The van der Waals surface area contributed by atoms with Crippen molar-refractivity contribution in [2.24, 2.45) is 10.7 Å². The molecule has 3 rings (SSSR count). The van der Waals surface area contributed by atoms with E-state index < -0.39 is 0 Å². The number of nitrogens with zero attached hydrogens (tertiary/aromatic N) is 4. The molecule has 0 amide bonds. The summed E-state index contributed by atoms with van der Waals surface area (Å²) in [4.78, 5) is 13.0. The summed E-state index contributed by atoms with van der Waals surface area (Å²) < 4.78 is 19.1. The predicted octanol–water partition coefficient (Wildman–Crippen LogP) is 2.94. The predicted molar refractivity (Wildman–Crippen MR) is 114 cm³/mol. The minimum absolute atomic E-state index is 0. The second-order valence-electron chi connectivity index (χ2n) is 5.66. The third kappa shape index (κ3) is 5.19. The summed E-state index contributed by atoms with van der Waals surface area (Å²) in [6.45, 7) is 5.94.